The highest BCUT2D eigenvalue weighted by atomic mass is 16.5. The minimum atomic E-state index is -1.18. The predicted molar refractivity (Wildman–Crippen MR) is 74.3 cm³/mol. The second-order valence-electron chi connectivity index (χ2n) is 4.37. The van der Waals surface area contributed by atoms with Crippen molar-refractivity contribution in [1.29, 1.82) is 0 Å². The smallest absolute Gasteiger partial charge is 0.339 e. The molecule has 21 heavy (non-hydrogen) atoms. The minimum Gasteiger partial charge on any atom is -0.497 e. The molecule has 1 amide bonds. The van der Waals surface area contributed by atoms with Gasteiger partial charge in [0.25, 0.3) is 5.91 Å². The molecule has 0 saturated carbocycles. The summed E-state index contributed by atoms with van der Waals surface area (Å²) in [4.78, 5) is 23.1. The Kier molecular flexibility index (Phi) is 4.22. The number of carbonyl (C=O) groups excluding carboxylic acids is 1. The third kappa shape index (κ3) is 3.19. The van der Waals surface area contributed by atoms with Gasteiger partial charge in [-0.1, -0.05) is 12.1 Å². The number of nitrogens with one attached hydrogen (secondary N) is 1. The van der Waals surface area contributed by atoms with Crippen LogP contribution in [-0.4, -0.2) is 33.9 Å². The highest BCUT2D eigenvalue weighted by Gasteiger charge is 2.21. The van der Waals surface area contributed by atoms with Crippen molar-refractivity contribution in [2.24, 2.45) is 7.05 Å². The molecule has 0 radical (unpaired) electrons. The number of rotatable bonds is 5. The van der Waals surface area contributed by atoms with Crippen molar-refractivity contribution in [3.8, 4) is 5.75 Å². The van der Waals surface area contributed by atoms with E-state index in [1.807, 2.05) is 12.1 Å². The highest BCUT2D eigenvalue weighted by Crippen LogP contribution is 2.12. The maximum atomic E-state index is 12.1. The Hall–Kier alpha value is -2.83. The number of amides is 1. The van der Waals surface area contributed by atoms with Crippen LogP contribution in [0.4, 0.5) is 0 Å². The molecule has 0 saturated heterocycles. The number of carboxylic acids is 1. The summed E-state index contributed by atoms with van der Waals surface area (Å²) >= 11 is 0. The molecule has 1 aromatic carbocycles. The number of ether oxygens (including phenoxy) is 1. The fourth-order valence-electron chi connectivity index (χ4n) is 1.87. The fourth-order valence-corrected chi connectivity index (χ4v) is 1.87. The monoisotopic (exact) mass is 289 g/mol. The lowest BCUT2D eigenvalue weighted by Gasteiger charge is -2.07. The van der Waals surface area contributed by atoms with Gasteiger partial charge in [-0.25, -0.2) is 4.79 Å². The summed E-state index contributed by atoms with van der Waals surface area (Å²) in [5.41, 5.74) is 0.781. The molecule has 0 aliphatic carbocycles. The Labute approximate surface area is 121 Å². The Balaban J connectivity index is 2.08. The molecule has 7 heteroatoms. The van der Waals surface area contributed by atoms with Gasteiger partial charge in [-0.2, -0.15) is 5.10 Å². The molecule has 7 nitrogen and oxygen atoms in total. The Morgan fingerprint density at radius 1 is 1.33 bits per heavy atom. The summed E-state index contributed by atoms with van der Waals surface area (Å²) in [5, 5.41) is 15.5. The molecule has 0 fully saturated rings. The van der Waals surface area contributed by atoms with Crippen molar-refractivity contribution >= 4 is 11.9 Å². The number of hydrogen-bond acceptors (Lipinski definition) is 4. The molecular weight excluding hydrogens is 274 g/mol. The van der Waals surface area contributed by atoms with Crippen molar-refractivity contribution in [1.82, 2.24) is 15.1 Å². The Bertz CT molecular complexity index is 661. The lowest BCUT2D eigenvalue weighted by atomic mass is 10.2. The minimum absolute atomic E-state index is 0.0241. The first kappa shape index (κ1) is 14.6. The van der Waals surface area contributed by atoms with Gasteiger partial charge in [-0.15, -0.1) is 0 Å². The quantitative estimate of drug-likeness (QED) is 0.858. The number of carboxylic acid groups (broad SMARTS) is 1. The van der Waals surface area contributed by atoms with Crippen LogP contribution in [0.1, 0.15) is 26.4 Å². The maximum absolute atomic E-state index is 12.1. The second-order valence-corrected chi connectivity index (χ2v) is 4.37. The first-order valence-corrected chi connectivity index (χ1v) is 6.19. The first-order valence-electron chi connectivity index (χ1n) is 6.19. The van der Waals surface area contributed by atoms with Crippen molar-refractivity contribution in [3.63, 3.8) is 0 Å². The Morgan fingerprint density at radius 2 is 2.00 bits per heavy atom. The third-order valence-electron chi connectivity index (χ3n) is 3.00. The number of hydrogen-bond donors (Lipinski definition) is 2. The summed E-state index contributed by atoms with van der Waals surface area (Å²) in [6, 6.07) is 7.21. The van der Waals surface area contributed by atoms with Gasteiger partial charge in [-0.05, 0) is 17.7 Å². The molecule has 0 spiro atoms. The lowest BCUT2D eigenvalue weighted by Crippen LogP contribution is -2.27. The van der Waals surface area contributed by atoms with Crippen LogP contribution in [0.15, 0.2) is 30.5 Å². The standard InChI is InChI=1S/C14H15N3O4/c1-17-12(11(8-16-17)14(19)20)13(18)15-7-9-3-5-10(21-2)6-4-9/h3-6,8H,7H2,1-2H3,(H,15,18)(H,19,20). The normalized spacial score (nSPS) is 10.2. The van der Waals surface area contributed by atoms with E-state index < -0.39 is 11.9 Å². The fraction of sp³-hybridized carbons (Fsp3) is 0.214. The molecule has 0 bridgehead atoms. The molecular formula is C14H15N3O4. The zero-order chi connectivity index (χ0) is 15.4. The van der Waals surface area contributed by atoms with Crippen LogP contribution in [0.2, 0.25) is 0 Å². The van der Waals surface area contributed by atoms with E-state index in [1.54, 1.807) is 19.2 Å². The molecule has 2 aromatic rings. The second kappa shape index (κ2) is 6.08. The van der Waals surface area contributed by atoms with E-state index in [0.29, 0.717) is 0 Å². The molecule has 0 aliphatic heterocycles. The highest BCUT2D eigenvalue weighted by molar-refractivity contribution is 6.03. The van der Waals surface area contributed by atoms with Gasteiger partial charge in [0.1, 0.15) is 17.0 Å². The molecule has 0 aliphatic rings. The lowest BCUT2D eigenvalue weighted by molar-refractivity contribution is 0.0690. The van der Waals surface area contributed by atoms with Gasteiger partial charge >= 0.3 is 5.97 Å². The van der Waals surface area contributed by atoms with Gasteiger partial charge in [0.05, 0.1) is 13.3 Å². The summed E-state index contributed by atoms with van der Waals surface area (Å²) in [7, 11) is 3.10. The first-order chi connectivity index (χ1) is 10.0. The van der Waals surface area contributed by atoms with Crippen molar-refractivity contribution in [3.05, 3.63) is 47.3 Å². The molecule has 0 unspecified atom stereocenters. The number of aromatic nitrogens is 2. The Morgan fingerprint density at radius 3 is 2.57 bits per heavy atom. The van der Waals surface area contributed by atoms with Crippen LogP contribution in [0.25, 0.3) is 0 Å². The number of benzene rings is 1. The van der Waals surface area contributed by atoms with Crippen LogP contribution < -0.4 is 10.1 Å². The van der Waals surface area contributed by atoms with Gasteiger partial charge in [0.2, 0.25) is 0 Å². The summed E-state index contributed by atoms with van der Waals surface area (Å²) in [5.74, 6) is -0.939. The zero-order valence-corrected chi connectivity index (χ0v) is 11.7. The van der Waals surface area contributed by atoms with E-state index in [0.717, 1.165) is 17.5 Å². The zero-order valence-electron chi connectivity index (χ0n) is 11.7. The molecule has 2 rings (SSSR count). The maximum Gasteiger partial charge on any atom is 0.339 e. The van der Waals surface area contributed by atoms with Crippen LogP contribution in [-0.2, 0) is 13.6 Å². The van der Waals surface area contributed by atoms with Crippen molar-refractivity contribution < 1.29 is 19.4 Å². The van der Waals surface area contributed by atoms with Crippen LogP contribution in [0, 0.1) is 0 Å². The summed E-state index contributed by atoms with van der Waals surface area (Å²) < 4.78 is 6.29. The summed E-state index contributed by atoms with van der Waals surface area (Å²) in [6.07, 6.45) is 1.16. The average molecular weight is 289 g/mol. The third-order valence-corrected chi connectivity index (χ3v) is 3.00. The summed E-state index contributed by atoms with van der Waals surface area (Å²) in [6.45, 7) is 0.285. The van der Waals surface area contributed by atoms with Crippen molar-refractivity contribution in [2.75, 3.05) is 7.11 Å². The molecule has 1 heterocycles. The number of nitrogens with zero attached hydrogens (tertiary/aromatic N) is 2. The largest absolute Gasteiger partial charge is 0.497 e. The van der Waals surface area contributed by atoms with E-state index >= 15 is 0 Å². The number of aromatic carboxylic acids is 1. The van der Waals surface area contributed by atoms with Gasteiger partial charge < -0.3 is 15.2 Å². The van der Waals surface area contributed by atoms with Crippen LogP contribution >= 0.6 is 0 Å². The number of methoxy groups -OCH3 is 1. The SMILES string of the molecule is COc1ccc(CNC(=O)c2c(C(=O)O)cnn2C)cc1. The van der Waals surface area contributed by atoms with Crippen LogP contribution in [0.5, 0.6) is 5.75 Å². The molecule has 110 valence electrons. The van der Waals surface area contributed by atoms with E-state index in [1.165, 1.54) is 11.7 Å². The van der Waals surface area contributed by atoms with E-state index in [4.69, 9.17) is 9.84 Å². The average Bonchev–Trinajstić information content (AvgIpc) is 2.87. The number of aryl methyl sites for hydroxylation is 1. The van der Waals surface area contributed by atoms with E-state index in [-0.39, 0.29) is 17.8 Å². The predicted octanol–water partition coefficient (Wildman–Crippen LogP) is 1.06. The van der Waals surface area contributed by atoms with Gasteiger partial charge in [-0.3, -0.25) is 9.48 Å². The topological polar surface area (TPSA) is 93.4 Å². The molecule has 0 atom stereocenters. The van der Waals surface area contributed by atoms with Crippen molar-refractivity contribution in [2.45, 2.75) is 6.54 Å². The van der Waals surface area contributed by atoms with E-state index in [2.05, 4.69) is 10.4 Å². The number of carbonyl (C=O) groups is 2. The molecule has 1 aromatic heterocycles. The van der Waals surface area contributed by atoms with E-state index in [9.17, 15) is 9.59 Å². The molecule has 2 N–H and O–H groups in total. The van der Waals surface area contributed by atoms with Gasteiger partial charge in [0, 0.05) is 13.6 Å². The van der Waals surface area contributed by atoms with Crippen LogP contribution in [0.3, 0.4) is 0 Å². The van der Waals surface area contributed by atoms with Gasteiger partial charge in [0.15, 0.2) is 0 Å².